The molecule has 1 saturated heterocycles. The van der Waals surface area contributed by atoms with Gasteiger partial charge in [0.05, 0.1) is 45.3 Å². The van der Waals surface area contributed by atoms with Crippen LogP contribution in [0.3, 0.4) is 0 Å². The third kappa shape index (κ3) is 11.0. The number of ether oxygens (including phenoxy) is 4. The number of methoxy groups -OCH3 is 3. The van der Waals surface area contributed by atoms with Crippen molar-refractivity contribution in [3.05, 3.63) is 152 Å². The van der Waals surface area contributed by atoms with E-state index in [9.17, 15) is 23.2 Å². The Kier molecular flexibility index (Phi) is 15.0. The van der Waals surface area contributed by atoms with Crippen LogP contribution in [0.1, 0.15) is 41.6 Å². The maximum Gasteiger partial charge on any atom is 0.387 e. The quantitative estimate of drug-likeness (QED) is 0.122. The lowest BCUT2D eigenvalue weighted by atomic mass is 9.79. The number of alkyl halides is 2. The van der Waals surface area contributed by atoms with E-state index < -0.39 is 6.61 Å². The van der Waals surface area contributed by atoms with E-state index in [4.69, 9.17) is 25.8 Å². The fourth-order valence-electron chi connectivity index (χ4n) is 7.40. The molecular formula is C47H46F2N8O7. The molecule has 2 aliphatic heterocycles. The molecule has 0 unspecified atom stereocenters. The van der Waals surface area contributed by atoms with Crippen LogP contribution in [0.4, 0.5) is 20.2 Å². The van der Waals surface area contributed by atoms with E-state index in [2.05, 4.69) is 53.1 Å². The lowest BCUT2D eigenvalue weighted by Gasteiger charge is -2.39. The van der Waals surface area contributed by atoms with Crippen LogP contribution in [0.15, 0.2) is 112 Å². The van der Waals surface area contributed by atoms with Gasteiger partial charge in [-0.05, 0) is 110 Å². The number of H-pyrrole nitrogens is 2. The molecule has 2 atom stereocenters. The zero-order valence-electron chi connectivity index (χ0n) is 35.9. The van der Waals surface area contributed by atoms with Gasteiger partial charge in [-0.1, -0.05) is 12.1 Å². The lowest BCUT2D eigenvalue weighted by molar-refractivity contribution is -0.114. The van der Waals surface area contributed by atoms with E-state index in [0.717, 1.165) is 64.6 Å². The number of aliphatic imine (C=N–C) groups is 1. The summed E-state index contributed by atoms with van der Waals surface area (Å²) in [5, 5.41) is 8.93. The van der Waals surface area contributed by atoms with Gasteiger partial charge in [0, 0.05) is 65.9 Å². The van der Waals surface area contributed by atoms with Gasteiger partial charge in [-0.25, -0.2) is 9.94 Å². The van der Waals surface area contributed by atoms with Gasteiger partial charge in [-0.3, -0.25) is 24.4 Å². The number of aryl methyl sites for hydroxylation is 1. The molecule has 8 rings (SSSR count). The average molecular weight is 873 g/mol. The number of carbonyl (C=O) groups excluding carboxylic acids is 1. The van der Waals surface area contributed by atoms with Gasteiger partial charge >= 0.3 is 6.61 Å². The molecule has 15 nitrogen and oxygen atoms in total. The fraction of sp³-hybridized carbons (Fsp3) is 0.255. The molecule has 0 radical (unpaired) electrons. The van der Waals surface area contributed by atoms with E-state index in [1.165, 1.54) is 43.9 Å². The summed E-state index contributed by atoms with van der Waals surface area (Å²) in [7, 11) is 6.84. The van der Waals surface area contributed by atoms with E-state index >= 15 is 0 Å². The number of nitrogens with one attached hydrogen (secondary N) is 3. The number of rotatable bonds is 9. The molecule has 0 aliphatic carbocycles. The summed E-state index contributed by atoms with van der Waals surface area (Å²) in [5.41, 5.74) is 8.22. The Hall–Kier alpha value is -7.71. The second-order valence-corrected chi connectivity index (χ2v) is 14.7. The lowest BCUT2D eigenvalue weighted by Crippen LogP contribution is -2.41. The summed E-state index contributed by atoms with van der Waals surface area (Å²) >= 11 is 0. The highest BCUT2D eigenvalue weighted by Gasteiger charge is 2.36. The van der Waals surface area contributed by atoms with Gasteiger partial charge in [-0.2, -0.15) is 13.9 Å². The largest absolute Gasteiger partial charge is 0.493 e. The normalized spacial score (nSPS) is 15.0. The van der Waals surface area contributed by atoms with Crippen LogP contribution < -0.4 is 35.4 Å². The fourth-order valence-corrected chi connectivity index (χ4v) is 7.40. The van der Waals surface area contributed by atoms with Crippen LogP contribution in [0, 0.1) is 13.5 Å². The number of pyridine rings is 2. The number of likely N-dealkylation sites (N-methyl/N-ethyl adjacent to an activating group) is 1. The molecule has 330 valence electrons. The first-order valence-electron chi connectivity index (χ1n) is 19.9. The molecule has 5 heterocycles. The molecular weight excluding hydrogens is 827 g/mol. The number of benzene rings is 3. The number of piperidine rings is 1. The molecule has 0 spiro atoms. The number of fused-ring (bicyclic) bond motifs is 3. The Morgan fingerprint density at radius 1 is 0.859 bits per heavy atom. The summed E-state index contributed by atoms with van der Waals surface area (Å²) in [5.74, 6) is 1.81. The predicted molar refractivity (Wildman–Crippen MR) is 239 cm³/mol. The maximum absolute atomic E-state index is 12.2. The molecule has 64 heavy (non-hydrogen) atoms. The number of hydrogen-bond donors (Lipinski definition) is 3. The maximum atomic E-state index is 12.2. The third-order valence-corrected chi connectivity index (χ3v) is 10.4. The van der Waals surface area contributed by atoms with Crippen LogP contribution in [0.2, 0.25) is 0 Å². The van der Waals surface area contributed by atoms with Gasteiger partial charge in [0.15, 0.2) is 23.0 Å². The topological polar surface area (TPSA) is 177 Å². The van der Waals surface area contributed by atoms with Gasteiger partial charge in [0.25, 0.3) is 16.8 Å². The number of halogens is 2. The minimum absolute atomic E-state index is 0.0642. The number of aromatic amines is 2. The Bertz CT molecular complexity index is 2770. The van der Waals surface area contributed by atoms with Crippen LogP contribution in [0.5, 0.6) is 23.0 Å². The van der Waals surface area contributed by atoms with Crippen molar-refractivity contribution in [2.75, 3.05) is 46.8 Å². The summed E-state index contributed by atoms with van der Waals surface area (Å²) in [6.07, 6.45) is 4.39. The van der Waals surface area contributed by atoms with Gasteiger partial charge < -0.3 is 34.1 Å². The molecule has 2 aliphatic rings. The van der Waals surface area contributed by atoms with Crippen molar-refractivity contribution in [2.24, 2.45) is 4.99 Å². The smallest absolute Gasteiger partial charge is 0.387 e. The average Bonchev–Trinajstić information content (AvgIpc) is 3.29. The Labute approximate surface area is 367 Å². The van der Waals surface area contributed by atoms with Gasteiger partial charge in [-0.15, -0.1) is 0 Å². The number of anilines is 1. The minimum atomic E-state index is -2.93. The molecule has 3 aromatic heterocycles. The van der Waals surface area contributed by atoms with Crippen molar-refractivity contribution in [2.45, 2.75) is 38.8 Å². The second-order valence-electron chi connectivity index (χ2n) is 14.7. The molecule has 3 N–H and O–H groups in total. The van der Waals surface area contributed by atoms with Gasteiger partial charge in [0.2, 0.25) is 5.91 Å². The van der Waals surface area contributed by atoms with Crippen molar-refractivity contribution in [3.8, 4) is 45.4 Å². The standard InChI is InChI=1S/C23H27N3O3.C12H10F2N2O3.C12H9N3O/c1-14(27)24-16-7-5-15(6-8-16)23-18-12-22(29-4)21(28-3)11-17(18)19-13-26(2)10-9-20(19)25-23;1-18-10-6-7(2-4-9(10)19-12(13)14)8-3-5-11(17)16-15-8;1-8-10(9-3-5-14-6-4-9)7-11(13-2)12(16)15-8/h5-8,11-12,19-20H,9-10,13H2,1-4H3,(H,24,27);2-6,12H,1H3,(H,16,17);3-7H,1H3,(H,15,16)/t19-,20-;;/m0../s1. The molecule has 0 bridgehead atoms. The van der Waals surface area contributed by atoms with Crippen molar-refractivity contribution >= 4 is 23.0 Å². The molecule has 1 amide bonds. The Morgan fingerprint density at radius 3 is 2.16 bits per heavy atom. The number of hydrogen-bond acceptors (Lipinski definition) is 11. The minimum Gasteiger partial charge on any atom is -0.493 e. The monoisotopic (exact) mass is 872 g/mol. The zero-order valence-corrected chi connectivity index (χ0v) is 35.9. The molecule has 0 saturated carbocycles. The highest BCUT2D eigenvalue weighted by molar-refractivity contribution is 6.15. The number of aromatic nitrogens is 4. The first-order chi connectivity index (χ1) is 30.8. The van der Waals surface area contributed by atoms with Crippen LogP contribution >= 0.6 is 0 Å². The van der Waals surface area contributed by atoms with Crippen molar-refractivity contribution < 1.29 is 32.5 Å². The second kappa shape index (κ2) is 20.9. The SMILES string of the molecule is COc1cc(-c2ccc(=O)[nH]n2)ccc1OC(F)F.COc1cc2c(cc1OC)[C@@H]1CN(C)CC[C@@H]1N=C2c1ccc(NC(C)=O)cc1.[C-]#[N+]c1cc(-c2ccncc2)c(C)[nH]c1=O. The third-order valence-electron chi connectivity index (χ3n) is 10.4. The summed E-state index contributed by atoms with van der Waals surface area (Å²) in [4.78, 5) is 50.9. The number of amides is 1. The molecule has 1 fully saturated rings. The number of nitrogens with zero attached hydrogens (tertiary/aromatic N) is 5. The van der Waals surface area contributed by atoms with E-state index in [0.29, 0.717) is 22.9 Å². The van der Waals surface area contributed by atoms with Crippen molar-refractivity contribution in [1.29, 1.82) is 0 Å². The van der Waals surface area contributed by atoms with Crippen molar-refractivity contribution in [1.82, 2.24) is 25.1 Å². The predicted octanol–water partition coefficient (Wildman–Crippen LogP) is 7.64. The Morgan fingerprint density at radius 2 is 1.53 bits per heavy atom. The number of likely N-dealkylation sites (tertiary alicyclic amines) is 1. The first kappa shape index (κ1) is 45.8. The summed E-state index contributed by atoms with van der Waals surface area (Å²) in [6, 6.07) is 24.8. The highest BCUT2D eigenvalue weighted by atomic mass is 19.3. The highest BCUT2D eigenvalue weighted by Crippen LogP contribution is 2.42. The zero-order chi connectivity index (χ0) is 45.9. The summed E-state index contributed by atoms with van der Waals surface area (Å²) < 4.78 is 44.8. The summed E-state index contributed by atoms with van der Waals surface area (Å²) in [6.45, 7) is 9.32. The van der Waals surface area contributed by atoms with E-state index in [1.54, 1.807) is 38.7 Å². The van der Waals surface area contributed by atoms with E-state index in [-0.39, 0.29) is 40.3 Å². The van der Waals surface area contributed by atoms with Crippen LogP contribution in [-0.2, 0) is 4.79 Å². The Balaban J connectivity index is 0.000000169. The van der Waals surface area contributed by atoms with Crippen molar-refractivity contribution in [3.63, 3.8) is 0 Å². The molecule has 3 aromatic carbocycles. The van der Waals surface area contributed by atoms with E-state index in [1.807, 2.05) is 49.4 Å². The molecule has 6 aromatic rings. The first-order valence-corrected chi connectivity index (χ1v) is 19.9. The number of carbonyl (C=O) groups is 1. The van der Waals surface area contributed by atoms with Gasteiger partial charge in [0.1, 0.15) is 0 Å². The van der Waals surface area contributed by atoms with Crippen LogP contribution in [0.25, 0.3) is 27.2 Å². The van der Waals surface area contributed by atoms with Crippen LogP contribution in [-0.4, -0.2) is 90.8 Å². The molecule has 17 heteroatoms.